The summed E-state index contributed by atoms with van der Waals surface area (Å²) in [5, 5.41) is 8.77. The van der Waals surface area contributed by atoms with Crippen molar-refractivity contribution < 1.29 is 14.6 Å². The van der Waals surface area contributed by atoms with E-state index in [9.17, 15) is 4.79 Å². The van der Waals surface area contributed by atoms with Crippen molar-refractivity contribution in [1.82, 2.24) is 0 Å². The number of rotatable bonds is 5. The summed E-state index contributed by atoms with van der Waals surface area (Å²) in [5.74, 6) is -0.525. The highest BCUT2D eigenvalue weighted by atomic mass is 16.6. The molecule has 0 aliphatic rings. The SMILES string of the molecule is C=CC[C@H](CCO)C(=O)OC(C)(C)C. The zero-order chi connectivity index (χ0) is 11.2. The van der Waals surface area contributed by atoms with Crippen LogP contribution in [0.5, 0.6) is 0 Å². The number of ether oxygens (including phenoxy) is 1. The first-order valence-electron chi connectivity index (χ1n) is 4.85. The third-order valence-corrected chi connectivity index (χ3v) is 1.67. The third-order valence-electron chi connectivity index (χ3n) is 1.67. The molecule has 0 saturated heterocycles. The summed E-state index contributed by atoms with van der Waals surface area (Å²) >= 11 is 0. The predicted molar refractivity (Wildman–Crippen MR) is 55.9 cm³/mol. The van der Waals surface area contributed by atoms with Gasteiger partial charge < -0.3 is 9.84 Å². The molecule has 0 aromatic rings. The second-order valence-electron chi connectivity index (χ2n) is 4.27. The molecule has 14 heavy (non-hydrogen) atoms. The average Bonchev–Trinajstić information content (AvgIpc) is 2.01. The topological polar surface area (TPSA) is 46.5 Å². The summed E-state index contributed by atoms with van der Waals surface area (Å²) in [5.41, 5.74) is -0.466. The third kappa shape index (κ3) is 5.75. The van der Waals surface area contributed by atoms with E-state index in [4.69, 9.17) is 9.84 Å². The first-order valence-corrected chi connectivity index (χ1v) is 4.85. The van der Waals surface area contributed by atoms with Crippen LogP contribution < -0.4 is 0 Å². The Kier molecular flexibility index (Phi) is 5.46. The molecule has 3 nitrogen and oxygen atoms in total. The lowest BCUT2D eigenvalue weighted by Crippen LogP contribution is -2.29. The monoisotopic (exact) mass is 200 g/mol. The van der Waals surface area contributed by atoms with Crippen LogP contribution in [0.25, 0.3) is 0 Å². The van der Waals surface area contributed by atoms with Gasteiger partial charge in [0.05, 0.1) is 5.92 Å². The van der Waals surface area contributed by atoms with Crippen molar-refractivity contribution in [3.63, 3.8) is 0 Å². The fourth-order valence-corrected chi connectivity index (χ4v) is 1.07. The number of carbonyl (C=O) groups excluding carboxylic acids is 1. The number of aliphatic hydroxyl groups excluding tert-OH is 1. The molecule has 0 radical (unpaired) electrons. The molecular formula is C11H20O3. The number of allylic oxidation sites excluding steroid dienone is 1. The largest absolute Gasteiger partial charge is 0.460 e. The van der Waals surface area contributed by atoms with Gasteiger partial charge in [-0.3, -0.25) is 4.79 Å². The summed E-state index contributed by atoms with van der Waals surface area (Å²) in [4.78, 5) is 11.6. The fourth-order valence-electron chi connectivity index (χ4n) is 1.07. The van der Waals surface area contributed by atoms with Crippen molar-refractivity contribution >= 4 is 5.97 Å². The number of hydrogen-bond donors (Lipinski definition) is 1. The lowest BCUT2D eigenvalue weighted by atomic mass is 10.0. The second-order valence-corrected chi connectivity index (χ2v) is 4.27. The average molecular weight is 200 g/mol. The van der Waals surface area contributed by atoms with E-state index in [1.54, 1.807) is 6.08 Å². The Balaban J connectivity index is 4.21. The Bertz CT molecular complexity index is 191. The molecular weight excluding hydrogens is 180 g/mol. The van der Waals surface area contributed by atoms with Gasteiger partial charge in [0.2, 0.25) is 0 Å². The Morgan fingerprint density at radius 2 is 2.14 bits per heavy atom. The standard InChI is InChI=1S/C11H20O3/c1-5-6-9(7-8-12)10(13)14-11(2,3)4/h5,9,12H,1,6-8H2,2-4H3/t9-/m1/s1. The van der Waals surface area contributed by atoms with Crippen molar-refractivity contribution in [3.05, 3.63) is 12.7 Å². The van der Waals surface area contributed by atoms with Gasteiger partial charge in [-0.2, -0.15) is 0 Å². The molecule has 0 aromatic heterocycles. The van der Waals surface area contributed by atoms with Crippen molar-refractivity contribution in [1.29, 1.82) is 0 Å². The number of hydrogen-bond acceptors (Lipinski definition) is 3. The molecule has 0 rings (SSSR count). The summed E-state index contributed by atoms with van der Waals surface area (Å²) < 4.78 is 5.21. The number of aliphatic hydroxyl groups is 1. The lowest BCUT2D eigenvalue weighted by Gasteiger charge is -2.23. The maximum Gasteiger partial charge on any atom is 0.309 e. The van der Waals surface area contributed by atoms with E-state index in [-0.39, 0.29) is 18.5 Å². The van der Waals surface area contributed by atoms with Crippen molar-refractivity contribution in [2.24, 2.45) is 5.92 Å². The molecule has 0 fully saturated rings. The van der Waals surface area contributed by atoms with E-state index in [1.807, 2.05) is 20.8 Å². The van der Waals surface area contributed by atoms with Crippen LogP contribution in [-0.2, 0) is 9.53 Å². The molecule has 3 heteroatoms. The van der Waals surface area contributed by atoms with Crippen LogP contribution in [-0.4, -0.2) is 23.3 Å². The molecule has 0 aliphatic heterocycles. The molecule has 0 unspecified atom stereocenters. The summed E-state index contributed by atoms with van der Waals surface area (Å²) in [7, 11) is 0. The van der Waals surface area contributed by atoms with Crippen LogP contribution in [0.1, 0.15) is 33.6 Å². The van der Waals surface area contributed by atoms with Gasteiger partial charge in [-0.1, -0.05) is 6.08 Å². The smallest absolute Gasteiger partial charge is 0.309 e. The van der Waals surface area contributed by atoms with Gasteiger partial charge in [-0.25, -0.2) is 0 Å². The molecule has 0 aliphatic carbocycles. The van der Waals surface area contributed by atoms with E-state index < -0.39 is 5.60 Å². The van der Waals surface area contributed by atoms with E-state index in [2.05, 4.69) is 6.58 Å². The molecule has 0 heterocycles. The molecule has 0 amide bonds. The maximum absolute atomic E-state index is 11.6. The Morgan fingerprint density at radius 3 is 2.50 bits per heavy atom. The minimum Gasteiger partial charge on any atom is -0.460 e. The highest BCUT2D eigenvalue weighted by Crippen LogP contribution is 2.16. The van der Waals surface area contributed by atoms with E-state index in [1.165, 1.54) is 0 Å². The van der Waals surface area contributed by atoms with Gasteiger partial charge in [0.1, 0.15) is 5.60 Å². The Morgan fingerprint density at radius 1 is 1.57 bits per heavy atom. The lowest BCUT2D eigenvalue weighted by molar-refractivity contribution is -0.160. The number of carbonyl (C=O) groups is 1. The predicted octanol–water partition coefficient (Wildman–Crippen LogP) is 1.90. The maximum atomic E-state index is 11.6. The second kappa shape index (κ2) is 5.81. The first kappa shape index (κ1) is 13.2. The quantitative estimate of drug-likeness (QED) is 0.544. The molecule has 0 bridgehead atoms. The highest BCUT2D eigenvalue weighted by molar-refractivity contribution is 5.73. The van der Waals surface area contributed by atoms with Crippen LogP contribution >= 0.6 is 0 Å². The summed E-state index contributed by atoms with van der Waals surface area (Å²) in [6.45, 7) is 9.05. The molecule has 0 saturated carbocycles. The van der Waals surface area contributed by atoms with Crippen LogP contribution in [0.4, 0.5) is 0 Å². The molecule has 1 atom stereocenters. The molecule has 0 aromatic carbocycles. The van der Waals surface area contributed by atoms with Gasteiger partial charge in [0.25, 0.3) is 0 Å². The van der Waals surface area contributed by atoms with Crippen molar-refractivity contribution in [3.8, 4) is 0 Å². The van der Waals surface area contributed by atoms with Gasteiger partial charge in [0, 0.05) is 6.61 Å². The Labute approximate surface area is 85.8 Å². The molecule has 1 N–H and O–H groups in total. The van der Waals surface area contributed by atoms with E-state index >= 15 is 0 Å². The van der Waals surface area contributed by atoms with E-state index in [0.29, 0.717) is 12.8 Å². The zero-order valence-electron chi connectivity index (χ0n) is 9.25. The summed E-state index contributed by atoms with van der Waals surface area (Å²) in [6.07, 6.45) is 2.65. The summed E-state index contributed by atoms with van der Waals surface area (Å²) in [6, 6.07) is 0. The Hall–Kier alpha value is -0.830. The minimum atomic E-state index is -0.466. The van der Waals surface area contributed by atoms with Crippen LogP contribution in [0, 0.1) is 5.92 Å². The highest BCUT2D eigenvalue weighted by Gasteiger charge is 2.23. The van der Waals surface area contributed by atoms with Crippen LogP contribution in [0.15, 0.2) is 12.7 Å². The minimum absolute atomic E-state index is 0.00223. The zero-order valence-corrected chi connectivity index (χ0v) is 9.25. The molecule has 0 spiro atoms. The van der Waals surface area contributed by atoms with Crippen LogP contribution in [0.2, 0.25) is 0 Å². The van der Waals surface area contributed by atoms with Gasteiger partial charge in [-0.15, -0.1) is 6.58 Å². The van der Waals surface area contributed by atoms with Crippen molar-refractivity contribution in [2.45, 2.75) is 39.2 Å². The molecule has 82 valence electrons. The first-order chi connectivity index (χ1) is 6.40. The fraction of sp³-hybridized carbons (Fsp3) is 0.727. The normalized spacial score (nSPS) is 13.4. The van der Waals surface area contributed by atoms with Gasteiger partial charge in [0.15, 0.2) is 0 Å². The van der Waals surface area contributed by atoms with E-state index in [0.717, 1.165) is 0 Å². The van der Waals surface area contributed by atoms with Gasteiger partial charge >= 0.3 is 5.97 Å². The van der Waals surface area contributed by atoms with Crippen LogP contribution in [0.3, 0.4) is 0 Å². The number of esters is 1. The van der Waals surface area contributed by atoms with Gasteiger partial charge in [-0.05, 0) is 33.6 Å². The van der Waals surface area contributed by atoms with Crippen molar-refractivity contribution in [2.75, 3.05) is 6.61 Å².